The summed E-state index contributed by atoms with van der Waals surface area (Å²) in [6.07, 6.45) is 0.655. The molecule has 2 aliphatic rings. The first-order chi connectivity index (χ1) is 15.3. The number of likely N-dealkylation sites (tertiary alicyclic amines) is 1. The third-order valence-electron chi connectivity index (χ3n) is 5.86. The Balaban J connectivity index is 1.66. The van der Waals surface area contributed by atoms with Gasteiger partial charge in [0.2, 0.25) is 5.91 Å². The maximum absolute atomic E-state index is 13.4. The highest BCUT2D eigenvalue weighted by atomic mass is 35.5. The third-order valence-corrected chi connectivity index (χ3v) is 6.10. The van der Waals surface area contributed by atoms with Crippen LogP contribution in [0.3, 0.4) is 0 Å². The van der Waals surface area contributed by atoms with Crippen LogP contribution in [-0.2, 0) is 23.9 Å². The van der Waals surface area contributed by atoms with E-state index in [1.807, 2.05) is 0 Å². The monoisotopic (exact) mass is 469 g/mol. The van der Waals surface area contributed by atoms with E-state index in [4.69, 9.17) is 11.6 Å². The molecule has 0 bridgehead atoms. The fourth-order valence-corrected chi connectivity index (χ4v) is 4.45. The first kappa shape index (κ1) is 22.6. The van der Waals surface area contributed by atoms with Crippen molar-refractivity contribution >= 4 is 29.1 Å². The SMILES string of the molecule is O=C(CCl)Nc1cc(C(=O)N2CCCC2c2nnc3n2CCCCC3)cc(C(F)(F)F)c1. The number of nitrogens with zero attached hydrogens (tertiary/aromatic N) is 4. The minimum Gasteiger partial charge on any atom is -0.328 e. The van der Waals surface area contributed by atoms with Crippen molar-refractivity contribution in [2.24, 2.45) is 0 Å². The second-order valence-corrected chi connectivity index (χ2v) is 8.34. The average Bonchev–Trinajstić information content (AvgIpc) is 3.32. The molecule has 2 aromatic rings. The fourth-order valence-electron chi connectivity index (χ4n) is 4.38. The summed E-state index contributed by atoms with van der Waals surface area (Å²) in [7, 11) is 0. The quantitative estimate of drug-likeness (QED) is 0.681. The lowest BCUT2D eigenvalue weighted by atomic mass is 10.1. The molecule has 2 aliphatic heterocycles. The molecule has 1 unspecified atom stereocenters. The molecular formula is C21H23ClF3N5O2. The largest absolute Gasteiger partial charge is 0.416 e. The van der Waals surface area contributed by atoms with Gasteiger partial charge in [0.25, 0.3) is 5.91 Å². The van der Waals surface area contributed by atoms with Crippen molar-refractivity contribution in [2.75, 3.05) is 17.7 Å². The van der Waals surface area contributed by atoms with Crippen LogP contribution < -0.4 is 5.32 Å². The molecule has 11 heteroatoms. The molecule has 1 N–H and O–H groups in total. The van der Waals surface area contributed by atoms with E-state index in [-0.39, 0.29) is 17.3 Å². The predicted molar refractivity (Wildman–Crippen MR) is 111 cm³/mol. The lowest BCUT2D eigenvalue weighted by Crippen LogP contribution is -2.32. The molecule has 0 spiro atoms. The number of carbonyl (C=O) groups is 2. The normalized spacial score (nSPS) is 18.9. The number of nitrogens with one attached hydrogen (secondary N) is 1. The van der Waals surface area contributed by atoms with Crippen molar-refractivity contribution in [1.82, 2.24) is 19.7 Å². The van der Waals surface area contributed by atoms with Gasteiger partial charge < -0.3 is 14.8 Å². The molecule has 0 aliphatic carbocycles. The van der Waals surface area contributed by atoms with E-state index in [2.05, 4.69) is 20.1 Å². The molecule has 0 saturated carbocycles. The van der Waals surface area contributed by atoms with Gasteiger partial charge in [-0.3, -0.25) is 9.59 Å². The van der Waals surface area contributed by atoms with Crippen molar-refractivity contribution in [2.45, 2.75) is 57.3 Å². The summed E-state index contributed by atoms with van der Waals surface area (Å²) >= 11 is 5.46. The van der Waals surface area contributed by atoms with Crippen LogP contribution in [0.2, 0.25) is 0 Å². The van der Waals surface area contributed by atoms with E-state index in [1.54, 1.807) is 4.90 Å². The Labute approximate surface area is 187 Å². The summed E-state index contributed by atoms with van der Waals surface area (Å²) < 4.78 is 42.4. The molecule has 2 amide bonds. The van der Waals surface area contributed by atoms with E-state index >= 15 is 0 Å². The third kappa shape index (κ3) is 4.60. The van der Waals surface area contributed by atoms with Crippen molar-refractivity contribution in [3.63, 3.8) is 0 Å². The minimum absolute atomic E-state index is 0.124. The molecule has 3 heterocycles. The van der Waals surface area contributed by atoms with Crippen LogP contribution in [0.25, 0.3) is 0 Å². The van der Waals surface area contributed by atoms with E-state index in [0.717, 1.165) is 50.2 Å². The Morgan fingerprint density at radius 2 is 1.91 bits per heavy atom. The molecule has 4 rings (SSSR count). The maximum Gasteiger partial charge on any atom is 0.416 e. The number of halogens is 4. The van der Waals surface area contributed by atoms with Crippen molar-refractivity contribution in [3.8, 4) is 0 Å². The molecule has 1 atom stereocenters. The van der Waals surface area contributed by atoms with Crippen LogP contribution >= 0.6 is 11.6 Å². The number of aromatic nitrogens is 3. The standard InChI is InChI=1S/C21H23ClF3N5O2/c22-12-18(31)26-15-10-13(9-14(11-15)21(23,24)25)20(32)29-8-4-5-16(29)19-28-27-17-6-2-1-3-7-30(17)19/h9-11,16H,1-8,12H2,(H,26,31). The van der Waals surface area contributed by atoms with Crippen molar-refractivity contribution < 1.29 is 22.8 Å². The van der Waals surface area contributed by atoms with Crippen LogP contribution in [0.15, 0.2) is 18.2 Å². The van der Waals surface area contributed by atoms with E-state index in [0.29, 0.717) is 25.2 Å². The van der Waals surface area contributed by atoms with Crippen molar-refractivity contribution in [1.29, 1.82) is 0 Å². The number of rotatable bonds is 4. The number of anilines is 1. The Bertz CT molecular complexity index is 1020. The highest BCUT2D eigenvalue weighted by molar-refractivity contribution is 6.29. The first-order valence-electron chi connectivity index (χ1n) is 10.6. The number of hydrogen-bond donors (Lipinski definition) is 1. The number of alkyl halides is 4. The number of aryl methyl sites for hydroxylation is 1. The smallest absolute Gasteiger partial charge is 0.328 e. The Morgan fingerprint density at radius 3 is 2.66 bits per heavy atom. The number of fused-ring (bicyclic) bond motifs is 1. The molecule has 1 saturated heterocycles. The molecule has 0 radical (unpaired) electrons. The summed E-state index contributed by atoms with van der Waals surface area (Å²) in [5.74, 6) is -0.0241. The first-order valence-corrected chi connectivity index (χ1v) is 11.1. The van der Waals surface area contributed by atoms with Gasteiger partial charge in [-0.1, -0.05) is 6.42 Å². The van der Waals surface area contributed by atoms with Gasteiger partial charge in [-0.25, -0.2) is 0 Å². The van der Waals surface area contributed by atoms with E-state index in [9.17, 15) is 22.8 Å². The van der Waals surface area contributed by atoms with Crippen LogP contribution in [0.1, 0.15) is 65.7 Å². The van der Waals surface area contributed by atoms with E-state index < -0.39 is 29.4 Å². The molecule has 1 aromatic carbocycles. The Morgan fingerprint density at radius 1 is 1.09 bits per heavy atom. The number of benzene rings is 1. The van der Waals surface area contributed by atoms with Gasteiger partial charge in [-0.05, 0) is 43.9 Å². The topological polar surface area (TPSA) is 80.1 Å². The molecular weight excluding hydrogens is 447 g/mol. The van der Waals surface area contributed by atoms with Gasteiger partial charge in [0.15, 0.2) is 5.82 Å². The summed E-state index contributed by atoms with van der Waals surface area (Å²) in [6, 6.07) is 2.51. The lowest BCUT2D eigenvalue weighted by molar-refractivity contribution is -0.137. The zero-order valence-corrected chi connectivity index (χ0v) is 18.0. The van der Waals surface area contributed by atoms with Gasteiger partial charge in [-0.2, -0.15) is 13.2 Å². The summed E-state index contributed by atoms with van der Waals surface area (Å²) in [5, 5.41) is 10.9. The van der Waals surface area contributed by atoms with Gasteiger partial charge in [-0.15, -0.1) is 21.8 Å². The van der Waals surface area contributed by atoms with E-state index in [1.165, 1.54) is 6.07 Å². The average molecular weight is 470 g/mol. The lowest BCUT2D eigenvalue weighted by Gasteiger charge is -2.25. The van der Waals surface area contributed by atoms with Crippen LogP contribution in [0.4, 0.5) is 18.9 Å². The second-order valence-electron chi connectivity index (χ2n) is 8.07. The number of amides is 2. The van der Waals surface area contributed by atoms with Gasteiger partial charge in [0.05, 0.1) is 11.6 Å². The van der Waals surface area contributed by atoms with Crippen LogP contribution in [0.5, 0.6) is 0 Å². The molecule has 7 nitrogen and oxygen atoms in total. The maximum atomic E-state index is 13.4. The zero-order valence-electron chi connectivity index (χ0n) is 17.3. The summed E-state index contributed by atoms with van der Waals surface area (Å²) in [6.45, 7) is 1.18. The van der Waals surface area contributed by atoms with Gasteiger partial charge >= 0.3 is 6.18 Å². The molecule has 1 fully saturated rings. The number of carbonyl (C=O) groups excluding carboxylic acids is 2. The molecule has 32 heavy (non-hydrogen) atoms. The second kappa shape index (κ2) is 9.09. The predicted octanol–water partition coefficient (Wildman–Crippen LogP) is 4.18. The molecule has 172 valence electrons. The van der Waals surface area contributed by atoms with Crippen LogP contribution in [-0.4, -0.2) is 43.9 Å². The van der Waals surface area contributed by atoms with Crippen LogP contribution in [0, 0.1) is 0 Å². The van der Waals surface area contributed by atoms with Gasteiger partial charge in [0, 0.05) is 30.8 Å². The highest BCUT2D eigenvalue weighted by Crippen LogP contribution is 2.36. The van der Waals surface area contributed by atoms with Gasteiger partial charge in [0.1, 0.15) is 11.7 Å². The summed E-state index contributed by atoms with van der Waals surface area (Å²) in [5.41, 5.74) is -1.28. The summed E-state index contributed by atoms with van der Waals surface area (Å²) in [4.78, 5) is 26.5. The minimum atomic E-state index is -4.68. The number of hydrogen-bond acceptors (Lipinski definition) is 4. The fraction of sp³-hybridized carbons (Fsp3) is 0.524. The Hall–Kier alpha value is -2.62. The molecule has 1 aromatic heterocycles. The zero-order chi connectivity index (χ0) is 22.9. The van der Waals surface area contributed by atoms with Crippen molar-refractivity contribution in [3.05, 3.63) is 41.0 Å². The highest BCUT2D eigenvalue weighted by Gasteiger charge is 2.37. The Kier molecular flexibility index (Phi) is 6.41.